The monoisotopic (exact) mass is 262 g/mol. The van der Waals surface area contributed by atoms with Crippen molar-refractivity contribution in [2.24, 2.45) is 11.8 Å². The number of hydrogen-bond acceptors (Lipinski definition) is 3. The fraction of sp³-hybridized carbons (Fsp3) is 0.533. The molecule has 2 rings (SSSR count). The van der Waals surface area contributed by atoms with Gasteiger partial charge in [-0.05, 0) is 36.5 Å². The molecule has 1 aromatic rings. The maximum Gasteiger partial charge on any atom is 0.337 e. The molecule has 3 unspecified atom stereocenters. The van der Waals surface area contributed by atoms with E-state index in [-0.39, 0.29) is 5.56 Å². The Kier molecular flexibility index (Phi) is 3.98. The summed E-state index contributed by atoms with van der Waals surface area (Å²) in [5.74, 6) is 0.324. The molecule has 104 valence electrons. The fourth-order valence-corrected chi connectivity index (χ4v) is 2.83. The first-order chi connectivity index (χ1) is 8.99. The SMILES string of the molecule is CC1CCCC(Nc2ccc(N)c(C(=O)O)c2)C1C. The average Bonchev–Trinajstić information content (AvgIpc) is 2.37. The smallest absolute Gasteiger partial charge is 0.337 e. The number of carboxylic acid groups (broad SMARTS) is 1. The number of carboxylic acids is 1. The molecule has 0 aromatic heterocycles. The van der Waals surface area contributed by atoms with Gasteiger partial charge in [-0.2, -0.15) is 0 Å². The van der Waals surface area contributed by atoms with Gasteiger partial charge in [-0.1, -0.05) is 26.7 Å². The van der Waals surface area contributed by atoms with E-state index in [1.165, 1.54) is 12.8 Å². The summed E-state index contributed by atoms with van der Waals surface area (Å²) < 4.78 is 0. The number of nitrogens with two attached hydrogens (primary N) is 1. The van der Waals surface area contributed by atoms with Gasteiger partial charge in [-0.3, -0.25) is 0 Å². The Balaban J connectivity index is 2.15. The van der Waals surface area contributed by atoms with Crippen molar-refractivity contribution in [3.8, 4) is 0 Å². The van der Waals surface area contributed by atoms with Crippen LogP contribution >= 0.6 is 0 Å². The summed E-state index contributed by atoms with van der Waals surface area (Å²) in [6.07, 6.45) is 3.64. The zero-order valence-corrected chi connectivity index (χ0v) is 11.5. The molecular formula is C15H22N2O2. The van der Waals surface area contributed by atoms with Crippen molar-refractivity contribution in [1.82, 2.24) is 0 Å². The van der Waals surface area contributed by atoms with Crippen LogP contribution in [0.25, 0.3) is 0 Å². The molecule has 0 saturated heterocycles. The maximum atomic E-state index is 11.1. The highest BCUT2D eigenvalue weighted by molar-refractivity contribution is 5.94. The predicted molar refractivity (Wildman–Crippen MR) is 77.4 cm³/mol. The lowest BCUT2D eigenvalue weighted by molar-refractivity contribution is 0.0698. The predicted octanol–water partition coefficient (Wildman–Crippen LogP) is 3.20. The van der Waals surface area contributed by atoms with E-state index < -0.39 is 5.97 Å². The Morgan fingerprint density at radius 1 is 1.37 bits per heavy atom. The summed E-state index contributed by atoms with van der Waals surface area (Å²) in [7, 11) is 0. The Labute approximate surface area is 114 Å². The van der Waals surface area contributed by atoms with Gasteiger partial charge in [0.05, 0.1) is 5.56 Å². The Morgan fingerprint density at radius 2 is 2.11 bits per heavy atom. The minimum absolute atomic E-state index is 0.168. The number of hydrogen-bond donors (Lipinski definition) is 3. The van der Waals surface area contributed by atoms with Gasteiger partial charge in [0.2, 0.25) is 0 Å². The third-order valence-electron chi connectivity index (χ3n) is 4.34. The first kappa shape index (κ1) is 13.7. The number of carbonyl (C=O) groups is 1. The number of benzene rings is 1. The molecule has 0 heterocycles. The van der Waals surface area contributed by atoms with E-state index in [9.17, 15) is 4.79 Å². The highest BCUT2D eigenvalue weighted by Gasteiger charge is 2.27. The van der Waals surface area contributed by atoms with Gasteiger partial charge in [0.1, 0.15) is 0 Å². The van der Waals surface area contributed by atoms with Gasteiger partial charge in [0.15, 0.2) is 0 Å². The van der Waals surface area contributed by atoms with Gasteiger partial charge in [0.25, 0.3) is 0 Å². The zero-order chi connectivity index (χ0) is 14.0. The lowest BCUT2D eigenvalue weighted by Crippen LogP contribution is -2.35. The average molecular weight is 262 g/mol. The molecule has 0 aliphatic heterocycles. The summed E-state index contributed by atoms with van der Waals surface area (Å²) in [6.45, 7) is 4.54. The number of rotatable bonds is 3. The van der Waals surface area contributed by atoms with Crippen molar-refractivity contribution in [3.63, 3.8) is 0 Å². The van der Waals surface area contributed by atoms with Crippen LogP contribution in [-0.2, 0) is 0 Å². The Morgan fingerprint density at radius 3 is 2.79 bits per heavy atom. The van der Waals surface area contributed by atoms with Crippen molar-refractivity contribution < 1.29 is 9.90 Å². The third-order valence-corrected chi connectivity index (χ3v) is 4.34. The van der Waals surface area contributed by atoms with E-state index >= 15 is 0 Å². The van der Waals surface area contributed by atoms with E-state index in [1.807, 2.05) is 6.07 Å². The largest absolute Gasteiger partial charge is 0.478 e. The molecule has 3 atom stereocenters. The summed E-state index contributed by atoms with van der Waals surface area (Å²) in [5.41, 5.74) is 6.99. The molecule has 1 aliphatic carbocycles. The molecule has 1 aliphatic rings. The van der Waals surface area contributed by atoms with Crippen molar-refractivity contribution >= 4 is 17.3 Å². The molecular weight excluding hydrogens is 240 g/mol. The first-order valence-electron chi connectivity index (χ1n) is 6.88. The Bertz CT molecular complexity index is 473. The second-order valence-corrected chi connectivity index (χ2v) is 5.63. The van der Waals surface area contributed by atoms with Crippen LogP contribution in [0.2, 0.25) is 0 Å². The topological polar surface area (TPSA) is 75.3 Å². The highest BCUT2D eigenvalue weighted by Crippen LogP contribution is 2.32. The molecule has 1 saturated carbocycles. The summed E-state index contributed by atoms with van der Waals surface area (Å²) in [6, 6.07) is 5.55. The van der Waals surface area contributed by atoms with Crippen LogP contribution in [-0.4, -0.2) is 17.1 Å². The second kappa shape index (κ2) is 5.51. The fourth-order valence-electron chi connectivity index (χ4n) is 2.83. The number of aromatic carboxylic acids is 1. The molecule has 4 heteroatoms. The Hall–Kier alpha value is -1.71. The van der Waals surface area contributed by atoms with Crippen LogP contribution in [0, 0.1) is 11.8 Å². The molecule has 0 amide bonds. The molecule has 0 bridgehead atoms. The van der Waals surface area contributed by atoms with Crippen molar-refractivity contribution in [2.75, 3.05) is 11.1 Å². The highest BCUT2D eigenvalue weighted by atomic mass is 16.4. The van der Waals surface area contributed by atoms with Gasteiger partial charge < -0.3 is 16.2 Å². The van der Waals surface area contributed by atoms with Gasteiger partial charge in [-0.25, -0.2) is 4.79 Å². The molecule has 1 aromatic carbocycles. The lowest BCUT2D eigenvalue weighted by atomic mass is 9.78. The van der Waals surface area contributed by atoms with Crippen LogP contribution < -0.4 is 11.1 Å². The molecule has 19 heavy (non-hydrogen) atoms. The summed E-state index contributed by atoms with van der Waals surface area (Å²) in [5, 5.41) is 12.5. The van der Waals surface area contributed by atoms with Crippen LogP contribution in [0.4, 0.5) is 11.4 Å². The first-order valence-corrected chi connectivity index (χ1v) is 6.88. The second-order valence-electron chi connectivity index (χ2n) is 5.63. The van der Waals surface area contributed by atoms with Crippen LogP contribution in [0.3, 0.4) is 0 Å². The van der Waals surface area contributed by atoms with Crippen LogP contribution in [0.5, 0.6) is 0 Å². The standard InChI is InChI=1S/C15H22N2O2/c1-9-4-3-5-14(10(9)2)17-11-6-7-13(16)12(8-11)15(18)19/h6-10,14,17H,3-5,16H2,1-2H3,(H,18,19). The van der Waals surface area contributed by atoms with E-state index in [1.54, 1.807) is 12.1 Å². The van der Waals surface area contributed by atoms with Crippen molar-refractivity contribution in [3.05, 3.63) is 23.8 Å². The molecule has 4 N–H and O–H groups in total. The number of nitrogen functional groups attached to an aromatic ring is 1. The summed E-state index contributed by atoms with van der Waals surface area (Å²) >= 11 is 0. The van der Waals surface area contributed by atoms with Gasteiger partial charge in [0, 0.05) is 17.4 Å². The van der Waals surface area contributed by atoms with E-state index in [0.717, 1.165) is 12.1 Å². The molecule has 0 radical (unpaired) electrons. The van der Waals surface area contributed by atoms with Crippen LogP contribution in [0.15, 0.2) is 18.2 Å². The minimum Gasteiger partial charge on any atom is -0.478 e. The quantitative estimate of drug-likeness (QED) is 0.731. The molecule has 4 nitrogen and oxygen atoms in total. The normalized spacial score (nSPS) is 26.9. The molecule has 0 spiro atoms. The number of anilines is 2. The van der Waals surface area contributed by atoms with E-state index in [0.29, 0.717) is 23.6 Å². The maximum absolute atomic E-state index is 11.1. The lowest BCUT2D eigenvalue weighted by Gasteiger charge is -2.35. The van der Waals surface area contributed by atoms with Gasteiger partial charge >= 0.3 is 5.97 Å². The van der Waals surface area contributed by atoms with Crippen LogP contribution in [0.1, 0.15) is 43.5 Å². The number of nitrogens with one attached hydrogen (secondary N) is 1. The van der Waals surface area contributed by atoms with Gasteiger partial charge in [-0.15, -0.1) is 0 Å². The van der Waals surface area contributed by atoms with Crippen molar-refractivity contribution in [2.45, 2.75) is 39.2 Å². The summed E-state index contributed by atoms with van der Waals surface area (Å²) in [4.78, 5) is 11.1. The molecule has 1 fully saturated rings. The zero-order valence-electron chi connectivity index (χ0n) is 11.5. The van der Waals surface area contributed by atoms with E-state index in [4.69, 9.17) is 10.8 Å². The minimum atomic E-state index is -0.980. The van der Waals surface area contributed by atoms with Crippen molar-refractivity contribution in [1.29, 1.82) is 0 Å². The van der Waals surface area contributed by atoms with E-state index in [2.05, 4.69) is 19.2 Å². The third kappa shape index (κ3) is 3.00.